The standard InChI is InChI=1S/C17H13Cl2N3OS/c18-12-4-1-5-13(17(12)19)21-15(23)6-7-16-22-14(10-24-16)11-3-2-8-20-9-11/h1-5,8-10H,6-7H2,(H,21,23). The van der Waals surface area contributed by atoms with Crippen LogP contribution < -0.4 is 5.32 Å². The van der Waals surface area contributed by atoms with Gasteiger partial charge in [-0.15, -0.1) is 11.3 Å². The Labute approximate surface area is 153 Å². The number of carbonyl (C=O) groups is 1. The third-order valence-electron chi connectivity index (χ3n) is 3.30. The van der Waals surface area contributed by atoms with Crippen LogP contribution in [0.3, 0.4) is 0 Å². The number of rotatable bonds is 5. The van der Waals surface area contributed by atoms with Gasteiger partial charge < -0.3 is 5.32 Å². The summed E-state index contributed by atoms with van der Waals surface area (Å²) in [5.74, 6) is -0.128. The van der Waals surface area contributed by atoms with E-state index in [2.05, 4.69) is 15.3 Å². The molecule has 3 rings (SSSR count). The number of aryl methyl sites for hydroxylation is 1. The Balaban J connectivity index is 1.59. The third kappa shape index (κ3) is 4.12. The zero-order valence-electron chi connectivity index (χ0n) is 12.5. The molecule has 122 valence electrons. The first-order chi connectivity index (χ1) is 11.6. The van der Waals surface area contributed by atoms with Crippen LogP contribution in [-0.2, 0) is 11.2 Å². The summed E-state index contributed by atoms with van der Waals surface area (Å²) in [6.45, 7) is 0. The predicted octanol–water partition coefficient (Wildman–Crippen LogP) is 5.08. The number of nitrogens with one attached hydrogen (secondary N) is 1. The van der Waals surface area contributed by atoms with Crippen LogP contribution in [0.25, 0.3) is 11.3 Å². The van der Waals surface area contributed by atoms with Gasteiger partial charge in [-0.2, -0.15) is 0 Å². The number of anilines is 1. The Hall–Kier alpha value is -1.95. The number of hydrogen-bond donors (Lipinski definition) is 1. The Morgan fingerprint density at radius 3 is 2.88 bits per heavy atom. The minimum Gasteiger partial charge on any atom is -0.325 e. The SMILES string of the molecule is O=C(CCc1nc(-c2cccnc2)cs1)Nc1cccc(Cl)c1Cl. The van der Waals surface area contributed by atoms with Crippen molar-refractivity contribution >= 4 is 46.1 Å². The van der Waals surface area contributed by atoms with Crippen molar-refractivity contribution in [3.8, 4) is 11.3 Å². The fourth-order valence-electron chi connectivity index (χ4n) is 2.11. The van der Waals surface area contributed by atoms with E-state index >= 15 is 0 Å². The molecular formula is C17H13Cl2N3OS. The first-order valence-electron chi connectivity index (χ1n) is 7.22. The predicted molar refractivity (Wildman–Crippen MR) is 98.8 cm³/mol. The number of carbonyl (C=O) groups excluding carboxylic acids is 1. The van der Waals surface area contributed by atoms with Gasteiger partial charge in [0.2, 0.25) is 5.91 Å². The minimum atomic E-state index is -0.128. The second-order valence-corrected chi connectivity index (χ2v) is 6.75. The third-order valence-corrected chi connectivity index (χ3v) is 5.03. The number of halogens is 2. The van der Waals surface area contributed by atoms with Crippen molar-refractivity contribution in [2.75, 3.05) is 5.32 Å². The van der Waals surface area contributed by atoms with Crippen molar-refractivity contribution in [2.45, 2.75) is 12.8 Å². The molecule has 0 aliphatic carbocycles. The molecule has 0 spiro atoms. The molecule has 24 heavy (non-hydrogen) atoms. The van der Waals surface area contributed by atoms with E-state index in [0.717, 1.165) is 16.3 Å². The molecule has 0 saturated carbocycles. The first-order valence-corrected chi connectivity index (χ1v) is 8.85. The maximum atomic E-state index is 12.1. The molecule has 2 heterocycles. The van der Waals surface area contributed by atoms with E-state index in [1.807, 2.05) is 17.5 Å². The highest BCUT2D eigenvalue weighted by atomic mass is 35.5. The number of hydrogen-bond acceptors (Lipinski definition) is 4. The van der Waals surface area contributed by atoms with Crippen molar-refractivity contribution in [1.29, 1.82) is 0 Å². The molecule has 2 aromatic heterocycles. The first kappa shape index (κ1) is 16.9. The summed E-state index contributed by atoms with van der Waals surface area (Å²) < 4.78 is 0. The second-order valence-electron chi connectivity index (χ2n) is 5.02. The summed E-state index contributed by atoms with van der Waals surface area (Å²) in [5, 5.41) is 6.41. The van der Waals surface area contributed by atoms with Gasteiger partial charge in [-0.1, -0.05) is 29.3 Å². The summed E-state index contributed by atoms with van der Waals surface area (Å²) in [7, 11) is 0. The van der Waals surface area contributed by atoms with E-state index < -0.39 is 0 Å². The van der Waals surface area contributed by atoms with Gasteiger partial charge in [0.15, 0.2) is 0 Å². The molecule has 7 heteroatoms. The van der Waals surface area contributed by atoms with Crippen molar-refractivity contribution < 1.29 is 4.79 Å². The Bertz CT molecular complexity index is 852. The van der Waals surface area contributed by atoms with Crippen LogP contribution in [-0.4, -0.2) is 15.9 Å². The Kier molecular flexibility index (Phi) is 5.45. The van der Waals surface area contributed by atoms with Gasteiger partial charge in [-0.3, -0.25) is 9.78 Å². The highest BCUT2D eigenvalue weighted by Crippen LogP contribution is 2.29. The zero-order chi connectivity index (χ0) is 16.9. The molecule has 1 N–H and O–H groups in total. The van der Waals surface area contributed by atoms with E-state index in [0.29, 0.717) is 28.6 Å². The summed E-state index contributed by atoms with van der Waals surface area (Å²) in [5.41, 5.74) is 2.36. The monoisotopic (exact) mass is 377 g/mol. The van der Waals surface area contributed by atoms with E-state index in [9.17, 15) is 4.79 Å². The molecule has 0 unspecified atom stereocenters. The van der Waals surface area contributed by atoms with Gasteiger partial charge in [-0.05, 0) is 24.3 Å². The molecule has 0 fully saturated rings. The van der Waals surface area contributed by atoms with Crippen LogP contribution in [0.1, 0.15) is 11.4 Å². The van der Waals surface area contributed by atoms with Gasteiger partial charge in [0.05, 0.1) is 26.4 Å². The van der Waals surface area contributed by atoms with Crippen molar-refractivity contribution in [3.05, 3.63) is 63.2 Å². The second kappa shape index (κ2) is 7.75. The van der Waals surface area contributed by atoms with Gasteiger partial charge in [-0.25, -0.2) is 4.98 Å². The average molecular weight is 378 g/mol. The summed E-state index contributed by atoms with van der Waals surface area (Å²) in [6.07, 6.45) is 4.38. The number of thiazole rings is 1. The smallest absolute Gasteiger partial charge is 0.224 e. The molecule has 1 amide bonds. The van der Waals surface area contributed by atoms with Crippen LogP contribution in [0, 0.1) is 0 Å². The maximum absolute atomic E-state index is 12.1. The molecule has 0 saturated heterocycles. The normalized spacial score (nSPS) is 10.6. The van der Waals surface area contributed by atoms with Crippen molar-refractivity contribution in [3.63, 3.8) is 0 Å². The van der Waals surface area contributed by atoms with E-state index in [1.54, 1.807) is 30.6 Å². The lowest BCUT2D eigenvalue weighted by atomic mass is 10.2. The van der Waals surface area contributed by atoms with Crippen LogP contribution in [0.15, 0.2) is 48.1 Å². The Morgan fingerprint density at radius 1 is 1.21 bits per heavy atom. The van der Waals surface area contributed by atoms with Crippen LogP contribution in [0.5, 0.6) is 0 Å². The van der Waals surface area contributed by atoms with Crippen LogP contribution in [0.2, 0.25) is 10.0 Å². The largest absolute Gasteiger partial charge is 0.325 e. The molecule has 1 aromatic carbocycles. The van der Waals surface area contributed by atoms with Crippen molar-refractivity contribution in [2.24, 2.45) is 0 Å². The summed E-state index contributed by atoms with van der Waals surface area (Å²) in [6, 6.07) is 8.96. The lowest BCUT2D eigenvalue weighted by Gasteiger charge is -2.07. The van der Waals surface area contributed by atoms with E-state index in [-0.39, 0.29) is 5.91 Å². The fraction of sp³-hybridized carbons (Fsp3) is 0.118. The van der Waals surface area contributed by atoms with Gasteiger partial charge in [0.1, 0.15) is 0 Å². The number of amides is 1. The molecule has 0 atom stereocenters. The molecule has 0 radical (unpaired) electrons. The molecule has 3 aromatic rings. The number of benzene rings is 1. The topological polar surface area (TPSA) is 54.9 Å². The quantitative estimate of drug-likeness (QED) is 0.673. The van der Waals surface area contributed by atoms with E-state index in [4.69, 9.17) is 23.2 Å². The highest BCUT2D eigenvalue weighted by molar-refractivity contribution is 7.09. The summed E-state index contributed by atoms with van der Waals surface area (Å²) >= 11 is 13.5. The van der Waals surface area contributed by atoms with Gasteiger partial charge in [0, 0.05) is 36.2 Å². The van der Waals surface area contributed by atoms with Crippen molar-refractivity contribution in [1.82, 2.24) is 9.97 Å². The number of aromatic nitrogens is 2. The molecule has 0 bridgehead atoms. The van der Waals surface area contributed by atoms with Gasteiger partial charge >= 0.3 is 0 Å². The average Bonchev–Trinajstić information content (AvgIpc) is 3.07. The minimum absolute atomic E-state index is 0.128. The molecule has 0 aliphatic rings. The van der Waals surface area contributed by atoms with E-state index in [1.165, 1.54) is 11.3 Å². The van der Waals surface area contributed by atoms with Crippen LogP contribution >= 0.6 is 34.5 Å². The highest BCUT2D eigenvalue weighted by Gasteiger charge is 2.10. The molecule has 0 aliphatic heterocycles. The lowest BCUT2D eigenvalue weighted by Crippen LogP contribution is -2.12. The zero-order valence-corrected chi connectivity index (χ0v) is 14.8. The fourth-order valence-corrected chi connectivity index (χ4v) is 3.26. The number of pyridine rings is 1. The molecule has 4 nitrogen and oxygen atoms in total. The maximum Gasteiger partial charge on any atom is 0.224 e. The van der Waals surface area contributed by atoms with Crippen LogP contribution in [0.4, 0.5) is 5.69 Å². The number of nitrogens with zero attached hydrogens (tertiary/aromatic N) is 2. The molecular weight excluding hydrogens is 365 g/mol. The lowest BCUT2D eigenvalue weighted by molar-refractivity contribution is -0.116. The van der Waals surface area contributed by atoms with Gasteiger partial charge in [0.25, 0.3) is 0 Å². The summed E-state index contributed by atoms with van der Waals surface area (Å²) in [4.78, 5) is 20.7. The Morgan fingerprint density at radius 2 is 2.08 bits per heavy atom.